The summed E-state index contributed by atoms with van der Waals surface area (Å²) in [5.74, 6) is 2.18. The molecule has 4 rings (SSSR count). The van der Waals surface area contributed by atoms with Gasteiger partial charge in [-0.2, -0.15) is 15.2 Å². The van der Waals surface area contributed by atoms with Gasteiger partial charge < -0.3 is 29.9 Å². The molecule has 0 unspecified atom stereocenters. The van der Waals surface area contributed by atoms with Crippen molar-refractivity contribution in [3.8, 4) is 6.07 Å². The average molecular weight is 498 g/mol. The molecule has 2 aromatic rings. The van der Waals surface area contributed by atoms with Gasteiger partial charge in [-0.15, -0.1) is 0 Å². The van der Waals surface area contributed by atoms with Gasteiger partial charge >= 0.3 is 0 Å². The Morgan fingerprint density at radius 1 is 0.944 bits per heavy atom. The summed E-state index contributed by atoms with van der Waals surface area (Å²) in [6.45, 7) is 17.9. The minimum absolute atomic E-state index is 0.0562. The van der Waals surface area contributed by atoms with Gasteiger partial charge in [0.25, 0.3) is 0 Å². The van der Waals surface area contributed by atoms with Crippen molar-refractivity contribution in [1.82, 2.24) is 19.9 Å². The average Bonchev–Trinajstić information content (AvgIpc) is 2.80. The van der Waals surface area contributed by atoms with Gasteiger partial charge in [0, 0.05) is 39.3 Å². The first-order chi connectivity index (χ1) is 17.0. The molecule has 0 aromatic carbocycles. The molecular weight excluding hydrogens is 458 g/mol. The van der Waals surface area contributed by atoms with Crippen LogP contribution in [0.5, 0.6) is 0 Å². The van der Waals surface area contributed by atoms with E-state index < -0.39 is 5.41 Å². The Balaban J connectivity index is 1.85. The third kappa shape index (κ3) is 5.55. The largest absolute Gasteiger partial charge is 0.381 e. The highest BCUT2D eigenvalue weighted by Gasteiger charge is 2.30. The van der Waals surface area contributed by atoms with Crippen LogP contribution in [-0.4, -0.2) is 83.6 Å². The fourth-order valence-corrected chi connectivity index (χ4v) is 5.06. The van der Waals surface area contributed by atoms with Crippen molar-refractivity contribution < 1.29 is 9.47 Å². The van der Waals surface area contributed by atoms with Crippen LogP contribution in [0.1, 0.15) is 48.5 Å². The molecule has 4 heterocycles. The highest BCUT2D eigenvalue weighted by atomic mass is 16.5. The Morgan fingerprint density at radius 2 is 1.50 bits per heavy atom. The monoisotopic (exact) mass is 497 g/mol. The topological polar surface area (TPSA) is 130 Å². The first-order valence-electron chi connectivity index (χ1n) is 12.8. The maximum Gasteiger partial charge on any atom is 0.229 e. The summed E-state index contributed by atoms with van der Waals surface area (Å²) in [7, 11) is 0. The van der Waals surface area contributed by atoms with Crippen molar-refractivity contribution in [3.63, 3.8) is 0 Å². The lowest BCUT2D eigenvalue weighted by Crippen LogP contribution is -2.46. The van der Waals surface area contributed by atoms with E-state index in [1.807, 2.05) is 34.6 Å². The predicted molar refractivity (Wildman–Crippen MR) is 141 cm³/mol. The summed E-state index contributed by atoms with van der Waals surface area (Å²) in [5, 5.41) is 9.69. The minimum atomic E-state index is -0.575. The van der Waals surface area contributed by atoms with Crippen molar-refractivity contribution in [2.24, 2.45) is 5.41 Å². The lowest BCUT2D eigenvalue weighted by atomic mass is 9.95. The zero-order chi connectivity index (χ0) is 26.2. The number of rotatable bonds is 6. The number of nitrogen functional groups attached to an aromatic ring is 1. The second kappa shape index (κ2) is 10.2. The van der Waals surface area contributed by atoms with Crippen LogP contribution in [0.3, 0.4) is 0 Å². The van der Waals surface area contributed by atoms with Crippen LogP contribution in [0.25, 0.3) is 11.2 Å². The highest BCUT2D eigenvalue weighted by Crippen LogP contribution is 2.32. The van der Waals surface area contributed by atoms with Gasteiger partial charge in [0.15, 0.2) is 28.6 Å². The van der Waals surface area contributed by atoms with Gasteiger partial charge in [0.1, 0.15) is 0 Å². The molecule has 0 radical (unpaired) electrons. The summed E-state index contributed by atoms with van der Waals surface area (Å²) in [6.07, 6.45) is 0.228. The SMILES string of the molecule is CCN(CC(C)(C)C#N)c1nc(N2C[C@@H](C)O[C@@H](C)C2)nc2nc(N3C[C@@H](C)O[C@@H](C)C3)c(N)nc12. The Bertz CT molecular complexity index is 1110. The molecule has 0 spiro atoms. The summed E-state index contributed by atoms with van der Waals surface area (Å²) < 4.78 is 11.8. The normalized spacial score (nSPS) is 25.2. The van der Waals surface area contributed by atoms with E-state index in [0.29, 0.717) is 73.8 Å². The molecule has 4 atom stereocenters. The van der Waals surface area contributed by atoms with Crippen molar-refractivity contribution in [2.45, 2.75) is 72.9 Å². The van der Waals surface area contributed by atoms with Crippen LogP contribution in [0, 0.1) is 16.7 Å². The van der Waals surface area contributed by atoms with Gasteiger partial charge in [-0.25, -0.2) is 9.97 Å². The van der Waals surface area contributed by atoms with E-state index in [0.717, 1.165) is 0 Å². The summed E-state index contributed by atoms with van der Waals surface area (Å²) >= 11 is 0. The van der Waals surface area contributed by atoms with Crippen LogP contribution >= 0.6 is 0 Å². The third-order valence-corrected chi connectivity index (χ3v) is 6.50. The first kappa shape index (κ1) is 26.1. The quantitative estimate of drug-likeness (QED) is 0.632. The maximum atomic E-state index is 9.69. The third-order valence-electron chi connectivity index (χ3n) is 6.50. The summed E-state index contributed by atoms with van der Waals surface area (Å²) in [4.78, 5) is 25.9. The maximum absolute atomic E-state index is 9.69. The van der Waals surface area contributed by atoms with Crippen LogP contribution in [0.2, 0.25) is 0 Å². The van der Waals surface area contributed by atoms with E-state index in [1.165, 1.54) is 0 Å². The smallest absolute Gasteiger partial charge is 0.229 e. The Labute approximate surface area is 213 Å². The number of nitrogens with two attached hydrogens (primary N) is 1. The van der Waals surface area contributed by atoms with Crippen molar-refractivity contribution >= 4 is 34.6 Å². The highest BCUT2D eigenvalue weighted by molar-refractivity contribution is 5.87. The molecule has 2 saturated heterocycles. The molecule has 36 heavy (non-hydrogen) atoms. The fraction of sp³-hybridized carbons (Fsp3) is 0.720. The molecule has 196 valence electrons. The van der Waals surface area contributed by atoms with Crippen LogP contribution < -0.4 is 20.4 Å². The predicted octanol–water partition coefficient (Wildman–Crippen LogP) is 2.61. The molecule has 2 aliphatic heterocycles. The second-order valence-electron chi connectivity index (χ2n) is 10.8. The number of nitrogens with zero attached hydrogens (tertiary/aromatic N) is 8. The van der Waals surface area contributed by atoms with Gasteiger partial charge in [0.2, 0.25) is 5.95 Å². The van der Waals surface area contributed by atoms with Gasteiger partial charge in [-0.05, 0) is 48.5 Å². The summed E-state index contributed by atoms with van der Waals surface area (Å²) in [6, 6.07) is 2.39. The Hall–Kier alpha value is -2.97. The molecule has 0 saturated carbocycles. The number of hydrogen-bond acceptors (Lipinski definition) is 11. The number of hydrogen-bond donors (Lipinski definition) is 1. The molecule has 11 heteroatoms. The van der Waals surface area contributed by atoms with Crippen LogP contribution in [0.4, 0.5) is 23.4 Å². The molecule has 0 amide bonds. The number of aromatic nitrogens is 4. The Kier molecular flexibility index (Phi) is 7.38. The number of ether oxygens (including phenoxy) is 2. The minimum Gasteiger partial charge on any atom is -0.381 e. The lowest BCUT2D eigenvalue weighted by Gasteiger charge is -2.37. The molecule has 0 aliphatic carbocycles. The van der Waals surface area contributed by atoms with E-state index in [4.69, 9.17) is 35.1 Å². The van der Waals surface area contributed by atoms with E-state index >= 15 is 0 Å². The standard InChI is InChI=1S/C25H39N9O2/c1-8-32(14-25(6,7)13-26)22-19-21(30-24(31-22)34-11-17(4)36-18(5)12-34)29-23(20(27)28-19)33-9-15(2)35-16(3)10-33/h15-18H,8-12,14H2,1-7H3,(H2,27,28)/t15-,16+,17-,18+. The number of morpholine rings is 2. The van der Waals surface area contributed by atoms with Gasteiger partial charge in [-0.3, -0.25) is 0 Å². The first-order valence-corrected chi connectivity index (χ1v) is 12.8. The molecular formula is C25H39N9O2. The molecule has 2 aromatic heterocycles. The zero-order valence-electron chi connectivity index (χ0n) is 22.5. The van der Waals surface area contributed by atoms with Crippen LogP contribution in [0.15, 0.2) is 0 Å². The molecule has 0 bridgehead atoms. The van der Waals surface area contributed by atoms with Crippen molar-refractivity contribution in [1.29, 1.82) is 5.26 Å². The number of nitriles is 1. The molecule has 2 N–H and O–H groups in total. The van der Waals surface area contributed by atoms with Crippen molar-refractivity contribution in [2.75, 3.05) is 59.7 Å². The van der Waals surface area contributed by atoms with Crippen molar-refractivity contribution in [3.05, 3.63) is 0 Å². The number of fused-ring (bicyclic) bond motifs is 1. The van der Waals surface area contributed by atoms with Crippen LogP contribution in [-0.2, 0) is 9.47 Å². The van der Waals surface area contributed by atoms with E-state index in [9.17, 15) is 5.26 Å². The van der Waals surface area contributed by atoms with E-state index in [-0.39, 0.29) is 24.4 Å². The summed E-state index contributed by atoms with van der Waals surface area (Å²) in [5.41, 5.74) is 6.94. The Morgan fingerprint density at radius 3 is 2.03 bits per heavy atom. The van der Waals surface area contributed by atoms with E-state index in [2.05, 4.69) is 34.6 Å². The van der Waals surface area contributed by atoms with E-state index in [1.54, 1.807) is 0 Å². The molecule has 2 fully saturated rings. The number of anilines is 4. The van der Waals surface area contributed by atoms with Gasteiger partial charge in [0.05, 0.1) is 35.9 Å². The van der Waals surface area contributed by atoms with Gasteiger partial charge in [-0.1, -0.05) is 0 Å². The molecule has 11 nitrogen and oxygen atoms in total. The zero-order valence-corrected chi connectivity index (χ0v) is 22.5. The second-order valence-corrected chi connectivity index (χ2v) is 10.8. The molecule has 2 aliphatic rings. The fourth-order valence-electron chi connectivity index (χ4n) is 5.06. The lowest BCUT2D eigenvalue weighted by molar-refractivity contribution is -0.00580.